The Morgan fingerprint density at radius 1 is 1.24 bits per heavy atom. The maximum absolute atomic E-state index is 12.6. The van der Waals surface area contributed by atoms with Crippen molar-refractivity contribution in [1.29, 1.82) is 0 Å². The van der Waals surface area contributed by atoms with Gasteiger partial charge in [0, 0.05) is 38.4 Å². The molecule has 5 nitrogen and oxygen atoms in total. The summed E-state index contributed by atoms with van der Waals surface area (Å²) >= 11 is 1.73. The van der Waals surface area contributed by atoms with E-state index in [1.165, 1.54) is 5.56 Å². The molecule has 25 heavy (non-hydrogen) atoms. The van der Waals surface area contributed by atoms with Crippen molar-refractivity contribution in [1.82, 2.24) is 9.80 Å². The first-order valence-electron chi connectivity index (χ1n) is 8.59. The highest BCUT2D eigenvalue weighted by Gasteiger charge is 2.19. The van der Waals surface area contributed by atoms with Crippen molar-refractivity contribution in [2.75, 3.05) is 38.6 Å². The minimum atomic E-state index is -0.0225. The Hall–Kier alpha value is -2.05. The van der Waals surface area contributed by atoms with Crippen LogP contribution in [0, 0.1) is 6.92 Å². The highest BCUT2D eigenvalue weighted by atomic mass is 32.1. The first-order chi connectivity index (χ1) is 12.2. The van der Waals surface area contributed by atoms with E-state index in [9.17, 15) is 4.79 Å². The van der Waals surface area contributed by atoms with E-state index in [0.29, 0.717) is 0 Å². The van der Waals surface area contributed by atoms with E-state index < -0.39 is 0 Å². The van der Waals surface area contributed by atoms with Crippen molar-refractivity contribution in [2.24, 2.45) is 0 Å². The van der Waals surface area contributed by atoms with Gasteiger partial charge in [0.2, 0.25) is 0 Å². The van der Waals surface area contributed by atoms with Crippen LogP contribution in [0.25, 0.3) is 0 Å². The largest absolute Gasteiger partial charge is 0.497 e. The van der Waals surface area contributed by atoms with Crippen molar-refractivity contribution in [3.8, 4) is 5.75 Å². The molecule has 1 saturated heterocycles. The maximum Gasteiger partial charge on any atom is 0.321 e. The van der Waals surface area contributed by atoms with Gasteiger partial charge in [-0.3, -0.25) is 4.90 Å². The SMILES string of the molecule is COc1ccc(NC(=O)N2CCCN(Cc3ccsc3)CC2)c(C)c1. The van der Waals surface area contributed by atoms with Crippen LogP contribution in [-0.4, -0.2) is 49.1 Å². The maximum atomic E-state index is 12.6. The Morgan fingerprint density at radius 2 is 2.12 bits per heavy atom. The lowest BCUT2D eigenvalue weighted by molar-refractivity contribution is 0.211. The van der Waals surface area contributed by atoms with E-state index in [2.05, 4.69) is 27.0 Å². The monoisotopic (exact) mass is 359 g/mol. The molecule has 6 heteroatoms. The number of anilines is 1. The number of aryl methyl sites for hydroxylation is 1. The summed E-state index contributed by atoms with van der Waals surface area (Å²) in [6, 6.07) is 7.85. The average molecular weight is 359 g/mol. The third-order valence-electron chi connectivity index (χ3n) is 4.54. The van der Waals surface area contributed by atoms with Crippen LogP contribution in [0.3, 0.4) is 0 Å². The lowest BCUT2D eigenvalue weighted by Crippen LogP contribution is -2.38. The molecular formula is C19H25N3O2S. The van der Waals surface area contributed by atoms with E-state index in [0.717, 1.165) is 56.1 Å². The fourth-order valence-corrected chi connectivity index (χ4v) is 3.73. The van der Waals surface area contributed by atoms with Crippen molar-refractivity contribution in [2.45, 2.75) is 19.9 Å². The third kappa shape index (κ3) is 4.74. The Morgan fingerprint density at radius 3 is 2.84 bits per heavy atom. The van der Waals surface area contributed by atoms with Gasteiger partial charge in [-0.15, -0.1) is 0 Å². The van der Waals surface area contributed by atoms with Crippen LogP contribution in [0.15, 0.2) is 35.0 Å². The summed E-state index contributed by atoms with van der Waals surface area (Å²) in [5, 5.41) is 7.35. The number of hydrogen-bond acceptors (Lipinski definition) is 4. The predicted molar refractivity (Wildman–Crippen MR) is 103 cm³/mol. The van der Waals surface area contributed by atoms with Gasteiger partial charge in [-0.1, -0.05) is 0 Å². The van der Waals surface area contributed by atoms with Gasteiger partial charge in [0.25, 0.3) is 0 Å². The quantitative estimate of drug-likeness (QED) is 0.903. The molecule has 2 amide bonds. The van der Waals surface area contributed by atoms with Crippen LogP contribution in [0.4, 0.5) is 10.5 Å². The van der Waals surface area contributed by atoms with Gasteiger partial charge in [-0.2, -0.15) is 11.3 Å². The second-order valence-corrected chi connectivity index (χ2v) is 7.14. The highest BCUT2D eigenvalue weighted by molar-refractivity contribution is 7.07. The number of carbonyl (C=O) groups excluding carboxylic acids is 1. The Balaban J connectivity index is 1.56. The molecule has 134 valence electrons. The van der Waals surface area contributed by atoms with Gasteiger partial charge in [0.15, 0.2) is 0 Å². The zero-order valence-corrected chi connectivity index (χ0v) is 15.6. The number of amides is 2. The molecule has 1 fully saturated rings. The fourth-order valence-electron chi connectivity index (χ4n) is 3.07. The molecule has 0 spiro atoms. The number of carbonyl (C=O) groups is 1. The molecule has 0 radical (unpaired) electrons. The van der Waals surface area contributed by atoms with Crippen LogP contribution >= 0.6 is 11.3 Å². The molecule has 3 rings (SSSR count). The molecule has 1 N–H and O–H groups in total. The molecule has 1 aliphatic rings. The number of methoxy groups -OCH3 is 1. The Kier molecular flexibility index (Phi) is 5.94. The number of nitrogens with one attached hydrogen (secondary N) is 1. The van der Waals surface area contributed by atoms with Gasteiger partial charge in [-0.05, 0) is 59.5 Å². The van der Waals surface area contributed by atoms with Crippen molar-refractivity contribution in [3.63, 3.8) is 0 Å². The van der Waals surface area contributed by atoms with Crippen LogP contribution in [-0.2, 0) is 6.54 Å². The topological polar surface area (TPSA) is 44.8 Å². The molecule has 0 unspecified atom stereocenters. The number of benzene rings is 1. The molecule has 1 aromatic carbocycles. The highest BCUT2D eigenvalue weighted by Crippen LogP contribution is 2.21. The Bertz CT molecular complexity index is 703. The normalized spacial score (nSPS) is 15.7. The minimum absolute atomic E-state index is 0.0225. The zero-order valence-electron chi connectivity index (χ0n) is 14.8. The molecule has 1 aliphatic heterocycles. The molecule has 0 bridgehead atoms. The second kappa shape index (κ2) is 8.36. The van der Waals surface area contributed by atoms with Gasteiger partial charge in [-0.25, -0.2) is 4.79 Å². The van der Waals surface area contributed by atoms with Gasteiger partial charge in [0.1, 0.15) is 5.75 Å². The van der Waals surface area contributed by atoms with E-state index >= 15 is 0 Å². The van der Waals surface area contributed by atoms with Crippen molar-refractivity contribution < 1.29 is 9.53 Å². The summed E-state index contributed by atoms with van der Waals surface area (Å²) in [6.45, 7) is 6.43. The minimum Gasteiger partial charge on any atom is -0.497 e. The van der Waals surface area contributed by atoms with E-state index in [-0.39, 0.29) is 6.03 Å². The number of urea groups is 1. The molecule has 2 heterocycles. The number of nitrogens with zero attached hydrogens (tertiary/aromatic N) is 2. The van der Waals surface area contributed by atoms with E-state index in [1.807, 2.05) is 30.0 Å². The third-order valence-corrected chi connectivity index (χ3v) is 5.27. The second-order valence-electron chi connectivity index (χ2n) is 6.36. The smallest absolute Gasteiger partial charge is 0.321 e. The van der Waals surface area contributed by atoms with Crippen LogP contribution in [0.5, 0.6) is 5.75 Å². The number of thiophene rings is 1. The first kappa shape index (κ1) is 17.8. The van der Waals surface area contributed by atoms with Crippen molar-refractivity contribution >= 4 is 23.1 Å². The standard InChI is InChI=1S/C19H25N3O2S/c1-15-12-17(24-2)4-5-18(15)20-19(23)22-8-3-7-21(9-10-22)13-16-6-11-25-14-16/h4-6,11-12,14H,3,7-10,13H2,1-2H3,(H,20,23). The lowest BCUT2D eigenvalue weighted by atomic mass is 10.2. The number of ether oxygens (including phenoxy) is 1. The van der Waals surface area contributed by atoms with E-state index in [1.54, 1.807) is 18.4 Å². The first-order valence-corrected chi connectivity index (χ1v) is 9.54. The molecular weight excluding hydrogens is 334 g/mol. The summed E-state index contributed by atoms with van der Waals surface area (Å²) in [6.07, 6.45) is 0.999. The fraction of sp³-hybridized carbons (Fsp3) is 0.421. The Labute approximate surface area is 153 Å². The predicted octanol–water partition coefficient (Wildman–Crippen LogP) is 3.80. The summed E-state index contributed by atoms with van der Waals surface area (Å²) in [5.41, 5.74) is 3.20. The summed E-state index contributed by atoms with van der Waals surface area (Å²) in [7, 11) is 1.64. The number of rotatable bonds is 4. The van der Waals surface area contributed by atoms with Crippen LogP contribution in [0.2, 0.25) is 0 Å². The molecule has 0 aliphatic carbocycles. The average Bonchev–Trinajstić information content (AvgIpc) is 3.00. The lowest BCUT2D eigenvalue weighted by Gasteiger charge is -2.22. The number of hydrogen-bond donors (Lipinski definition) is 1. The summed E-state index contributed by atoms with van der Waals surface area (Å²) in [5.74, 6) is 0.800. The molecule has 2 aromatic rings. The molecule has 1 aromatic heterocycles. The summed E-state index contributed by atoms with van der Waals surface area (Å²) < 4.78 is 5.21. The van der Waals surface area contributed by atoms with E-state index in [4.69, 9.17) is 4.74 Å². The summed E-state index contributed by atoms with van der Waals surface area (Å²) in [4.78, 5) is 17.0. The molecule has 0 atom stereocenters. The van der Waals surface area contributed by atoms with Crippen LogP contribution < -0.4 is 10.1 Å². The van der Waals surface area contributed by atoms with Crippen molar-refractivity contribution in [3.05, 3.63) is 46.2 Å². The zero-order chi connectivity index (χ0) is 17.6. The molecule has 0 saturated carbocycles. The van der Waals surface area contributed by atoms with Gasteiger partial charge < -0.3 is 15.0 Å². The van der Waals surface area contributed by atoms with Gasteiger partial charge in [0.05, 0.1) is 7.11 Å². The van der Waals surface area contributed by atoms with Crippen LogP contribution in [0.1, 0.15) is 17.5 Å². The van der Waals surface area contributed by atoms with Gasteiger partial charge >= 0.3 is 6.03 Å².